The van der Waals surface area contributed by atoms with Crippen LogP contribution in [0, 0.1) is 0 Å². The van der Waals surface area contributed by atoms with Crippen LogP contribution in [0.2, 0.25) is 0 Å². The summed E-state index contributed by atoms with van der Waals surface area (Å²) in [6, 6.07) is 19.4. The summed E-state index contributed by atoms with van der Waals surface area (Å²) in [7, 11) is 0. The van der Waals surface area contributed by atoms with Crippen molar-refractivity contribution in [3.05, 3.63) is 71.1 Å². The van der Waals surface area contributed by atoms with Gasteiger partial charge in [-0.15, -0.1) is 11.3 Å². The molecule has 3 nitrogen and oxygen atoms in total. The second-order valence-electron chi connectivity index (χ2n) is 8.34. The van der Waals surface area contributed by atoms with Crippen LogP contribution in [0.3, 0.4) is 0 Å². The third kappa shape index (κ3) is 3.72. The zero-order valence-corrected chi connectivity index (χ0v) is 17.6. The van der Waals surface area contributed by atoms with Gasteiger partial charge in [0.2, 0.25) is 5.91 Å². The number of likely N-dealkylation sites (tertiary alicyclic amines) is 2. The van der Waals surface area contributed by atoms with Gasteiger partial charge < -0.3 is 9.80 Å². The fraction of sp³-hybridized carbons (Fsp3) is 0.400. The molecule has 0 radical (unpaired) electrons. The number of hydrogen-bond donors (Lipinski definition) is 0. The van der Waals surface area contributed by atoms with Crippen LogP contribution in [-0.4, -0.2) is 41.9 Å². The Morgan fingerprint density at radius 3 is 2.59 bits per heavy atom. The van der Waals surface area contributed by atoms with E-state index in [1.807, 2.05) is 0 Å². The number of thiophene rings is 1. The lowest BCUT2D eigenvalue weighted by Gasteiger charge is -2.40. The molecule has 4 heteroatoms. The smallest absolute Gasteiger partial charge is 0.230 e. The minimum absolute atomic E-state index is 0.0214. The number of carbonyl (C=O) groups excluding carboxylic acids is 1. The molecule has 0 saturated carbocycles. The fourth-order valence-corrected chi connectivity index (χ4v) is 5.91. The van der Waals surface area contributed by atoms with Crippen molar-refractivity contribution >= 4 is 27.3 Å². The summed E-state index contributed by atoms with van der Waals surface area (Å²) < 4.78 is 1.28. The van der Waals surface area contributed by atoms with E-state index >= 15 is 0 Å². The first kappa shape index (κ1) is 18.8. The van der Waals surface area contributed by atoms with E-state index in [2.05, 4.69) is 69.8 Å². The molecule has 2 saturated heterocycles. The average molecular weight is 405 g/mol. The number of nitrogens with zero attached hydrogens (tertiary/aromatic N) is 2. The molecule has 2 aliphatic rings. The Morgan fingerprint density at radius 2 is 1.76 bits per heavy atom. The first-order valence-corrected chi connectivity index (χ1v) is 11.7. The lowest BCUT2D eigenvalue weighted by molar-refractivity contribution is -0.138. The van der Waals surface area contributed by atoms with Crippen LogP contribution in [0.1, 0.15) is 48.8 Å². The standard InChI is InChI=1S/C25H28N2OS/c28-25-22(20-10-6-12-24-21(20)13-17-29-24)11-7-16-27(25)23(18-26-14-4-5-15-26)19-8-2-1-3-9-19/h1-3,6,8-10,12-13,17,22-23H,4-5,7,11,14-16,18H2/t22-,23?/m0/s1. The van der Waals surface area contributed by atoms with E-state index in [0.717, 1.165) is 39.0 Å². The first-order chi connectivity index (χ1) is 14.3. The molecule has 0 N–H and O–H groups in total. The van der Waals surface area contributed by atoms with Gasteiger partial charge in [-0.05, 0) is 72.8 Å². The maximum absolute atomic E-state index is 13.8. The molecule has 2 atom stereocenters. The van der Waals surface area contributed by atoms with Crippen LogP contribution < -0.4 is 0 Å². The molecule has 1 amide bonds. The predicted molar refractivity (Wildman–Crippen MR) is 120 cm³/mol. The number of carbonyl (C=O) groups is 1. The van der Waals surface area contributed by atoms with E-state index < -0.39 is 0 Å². The Bertz CT molecular complexity index is 977. The van der Waals surface area contributed by atoms with Gasteiger partial charge in [0, 0.05) is 17.8 Å². The van der Waals surface area contributed by atoms with Crippen molar-refractivity contribution in [3.63, 3.8) is 0 Å². The SMILES string of the molecule is O=C1[C@H](c2cccc3sccc23)CCCN1C(CN1CCCC1)c1ccccc1. The second-order valence-corrected chi connectivity index (χ2v) is 9.29. The highest BCUT2D eigenvalue weighted by molar-refractivity contribution is 7.17. The number of fused-ring (bicyclic) bond motifs is 1. The van der Waals surface area contributed by atoms with Gasteiger partial charge in [0.25, 0.3) is 0 Å². The van der Waals surface area contributed by atoms with Crippen LogP contribution >= 0.6 is 11.3 Å². The zero-order valence-electron chi connectivity index (χ0n) is 16.8. The van der Waals surface area contributed by atoms with Crippen LogP contribution in [0.5, 0.6) is 0 Å². The molecule has 0 spiro atoms. The molecule has 2 aromatic carbocycles. The summed E-state index contributed by atoms with van der Waals surface area (Å²) in [4.78, 5) is 18.5. The average Bonchev–Trinajstić information content (AvgIpc) is 3.45. The number of rotatable bonds is 5. The maximum Gasteiger partial charge on any atom is 0.230 e. The van der Waals surface area contributed by atoms with Crippen molar-refractivity contribution < 1.29 is 4.79 Å². The van der Waals surface area contributed by atoms with Crippen molar-refractivity contribution in [2.75, 3.05) is 26.2 Å². The van der Waals surface area contributed by atoms with Crippen molar-refractivity contribution in [3.8, 4) is 0 Å². The van der Waals surface area contributed by atoms with E-state index in [-0.39, 0.29) is 12.0 Å². The van der Waals surface area contributed by atoms with Gasteiger partial charge in [-0.2, -0.15) is 0 Å². The summed E-state index contributed by atoms with van der Waals surface area (Å²) in [5, 5.41) is 3.40. The monoisotopic (exact) mass is 404 g/mol. The van der Waals surface area contributed by atoms with Crippen molar-refractivity contribution in [2.45, 2.75) is 37.6 Å². The molecule has 150 valence electrons. The Hall–Kier alpha value is -2.17. The van der Waals surface area contributed by atoms with Gasteiger partial charge in [0.05, 0.1) is 12.0 Å². The Labute approximate surface area is 176 Å². The van der Waals surface area contributed by atoms with Crippen LogP contribution in [0.15, 0.2) is 60.0 Å². The molecular weight excluding hydrogens is 376 g/mol. The minimum Gasteiger partial charge on any atom is -0.334 e. The topological polar surface area (TPSA) is 23.6 Å². The van der Waals surface area contributed by atoms with Gasteiger partial charge in [0.1, 0.15) is 0 Å². The van der Waals surface area contributed by atoms with E-state index in [1.165, 1.54) is 34.1 Å². The summed E-state index contributed by atoms with van der Waals surface area (Å²) in [5.74, 6) is 0.287. The lowest BCUT2D eigenvalue weighted by atomic mass is 9.86. The third-order valence-corrected chi connectivity index (χ3v) is 7.45. The zero-order chi connectivity index (χ0) is 19.6. The normalized spacial score (nSPS) is 21.7. The highest BCUT2D eigenvalue weighted by atomic mass is 32.1. The van der Waals surface area contributed by atoms with Gasteiger partial charge in [-0.1, -0.05) is 42.5 Å². The quantitative estimate of drug-likeness (QED) is 0.565. The molecule has 5 rings (SSSR count). The summed E-state index contributed by atoms with van der Waals surface area (Å²) in [5.41, 5.74) is 2.48. The largest absolute Gasteiger partial charge is 0.334 e. The maximum atomic E-state index is 13.8. The molecule has 1 unspecified atom stereocenters. The molecule has 2 fully saturated rings. The molecule has 3 heterocycles. The molecular formula is C25H28N2OS. The van der Waals surface area contributed by atoms with E-state index in [9.17, 15) is 4.79 Å². The Kier molecular flexibility index (Phi) is 5.38. The molecule has 2 aliphatic heterocycles. The fourth-order valence-electron chi connectivity index (χ4n) is 5.09. The number of piperidine rings is 1. The van der Waals surface area contributed by atoms with Crippen molar-refractivity contribution in [2.24, 2.45) is 0 Å². The highest BCUT2D eigenvalue weighted by Crippen LogP contribution is 2.38. The van der Waals surface area contributed by atoms with Crippen molar-refractivity contribution in [1.82, 2.24) is 9.80 Å². The number of benzene rings is 2. The van der Waals surface area contributed by atoms with Gasteiger partial charge >= 0.3 is 0 Å². The Morgan fingerprint density at radius 1 is 0.931 bits per heavy atom. The second kappa shape index (κ2) is 8.29. The van der Waals surface area contributed by atoms with Gasteiger partial charge in [-0.25, -0.2) is 0 Å². The van der Waals surface area contributed by atoms with Crippen LogP contribution in [0.25, 0.3) is 10.1 Å². The first-order valence-electron chi connectivity index (χ1n) is 10.8. The van der Waals surface area contributed by atoms with Gasteiger partial charge in [-0.3, -0.25) is 4.79 Å². The summed E-state index contributed by atoms with van der Waals surface area (Å²) in [6.07, 6.45) is 4.58. The van der Waals surface area contributed by atoms with Crippen LogP contribution in [0.4, 0.5) is 0 Å². The lowest BCUT2D eigenvalue weighted by Crippen LogP contribution is -2.46. The third-order valence-electron chi connectivity index (χ3n) is 6.57. The molecule has 1 aromatic heterocycles. The summed E-state index contributed by atoms with van der Waals surface area (Å²) >= 11 is 1.76. The summed E-state index contributed by atoms with van der Waals surface area (Å²) in [6.45, 7) is 4.12. The Balaban J connectivity index is 1.47. The minimum atomic E-state index is -0.0214. The number of hydrogen-bond acceptors (Lipinski definition) is 3. The highest BCUT2D eigenvalue weighted by Gasteiger charge is 2.36. The molecule has 0 bridgehead atoms. The molecule has 0 aliphatic carbocycles. The van der Waals surface area contributed by atoms with Crippen molar-refractivity contribution in [1.29, 1.82) is 0 Å². The predicted octanol–water partition coefficient (Wildman–Crippen LogP) is 5.44. The van der Waals surface area contributed by atoms with Gasteiger partial charge in [0.15, 0.2) is 0 Å². The molecule has 29 heavy (non-hydrogen) atoms. The van der Waals surface area contributed by atoms with E-state index in [4.69, 9.17) is 0 Å². The number of amides is 1. The molecule has 3 aromatic rings. The van der Waals surface area contributed by atoms with Crippen LogP contribution in [-0.2, 0) is 4.79 Å². The van der Waals surface area contributed by atoms with E-state index in [1.54, 1.807) is 11.3 Å². The van der Waals surface area contributed by atoms with E-state index in [0.29, 0.717) is 5.91 Å².